The third kappa shape index (κ3) is 3.28. The minimum absolute atomic E-state index is 0.0494. The number of carbonyl (C=O) groups is 1. The maximum absolute atomic E-state index is 12.1. The second-order valence-corrected chi connectivity index (χ2v) is 5.49. The summed E-state index contributed by atoms with van der Waals surface area (Å²) in [6.07, 6.45) is 4.62. The van der Waals surface area contributed by atoms with E-state index in [-0.39, 0.29) is 11.9 Å². The summed E-state index contributed by atoms with van der Waals surface area (Å²) in [6.45, 7) is 7.70. The molecule has 0 spiro atoms. The normalized spacial score (nSPS) is 16.3. The van der Waals surface area contributed by atoms with Crippen molar-refractivity contribution in [1.82, 2.24) is 10.2 Å². The van der Waals surface area contributed by atoms with E-state index in [1.165, 1.54) is 16.7 Å². The molecule has 1 atom stereocenters. The number of carbonyl (C=O) groups excluding carboxylic acids is 1. The Balaban J connectivity index is 2.15. The summed E-state index contributed by atoms with van der Waals surface area (Å²) < 4.78 is 0. The van der Waals surface area contributed by atoms with Crippen LogP contribution in [0.3, 0.4) is 0 Å². The summed E-state index contributed by atoms with van der Waals surface area (Å²) in [5.74, 6) is 0.114. The Morgan fingerprint density at radius 1 is 1.50 bits per heavy atom. The van der Waals surface area contributed by atoms with Crippen molar-refractivity contribution in [2.75, 3.05) is 13.6 Å². The molecular formula is C17H24N2O. The summed E-state index contributed by atoms with van der Waals surface area (Å²) in [4.78, 5) is 14.4. The Morgan fingerprint density at radius 2 is 2.30 bits per heavy atom. The van der Waals surface area contributed by atoms with Gasteiger partial charge in [0.25, 0.3) is 0 Å². The highest BCUT2D eigenvalue weighted by Crippen LogP contribution is 2.23. The Kier molecular flexibility index (Phi) is 4.96. The van der Waals surface area contributed by atoms with Crippen LogP contribution in [0, 0.1) is 6.92 Å². The van der Waals surface area contributed by atoms with Gasteiger partial charge in [-0.25, -0.2) is 0 Å². The van der Waals surface area contributed by atoms with E-state index < -0.39 is 0 Å². The quantitative estimate of drug-likeness (QED) is 0.835. The monoisotopic (exact) mass is 272 g/mol. The van der Waals surface area contributed by atoms with E-state index in [9.17, 15) is 4.79 Å². The van der Waals surface area contributed by atoms with E-state index in [0.717, 1.165) is 32.4 Å². The summed E-state index contributed by atoms with van der Waals surface area (Å²) in [5.41, 5.74) is 4.07. The maximum Gasteiger partial charge on any atom is 0.237 e. The first-order valence-electron chi connectivity index (χ1n) is 7.30. The highest BCUT2D eigenvalue weighted by Gasteiger charge is 2.27. The van der Waals surface area contributed by atoms with Crippen molar-refractivity contribution in [3.63, 3.8) is 0 Å². The van der Waals surface area contributed by atoms with Crippen molar-refractivity contribution in [2.24, 2.45) is 0 Å². The van der Waals surface area contributed by atoms with Crippen LogP contribution in [-0.2, 0) is 17.8 Å². The molecule has 3 heteroatoms. The zero-order valence-electron chi connectivity index (χ0n) is 12.5. The molecule has 3 nitrogen and oxygen atoms in total. The van der Waals surface area contributed by atoms with E-state index in [0.29, 0.717) is 0 Å². The summed E-state index contributed by atoms with van der Waals surface area (Å²) in [7, 11) is 1.71. The van der Waals surface area contributed by atoms with Crippen LogP contribution in [-0.4, -0.2) is 30.4 Å². The van der Waals surface area contributed by atoms with E-state index in [1.807, 2.05) is 6.08 Å². The fourth-order valence-corrected chi connectivity index (χ4v) is 2.90. The van der Waals surface area contributed by atoms with Crippen LogP contribution in [0.4, 0.5) is 0 Å². The van der Waals surface area contributed by atoms with E-state index in [2.05, 4.69) is 41.9 Å². The van der Waals surface area contributed by atoms with Crippen molar-refractivity contribution >= 4 is 5.91 Å². The molecule has 1 N–H and O–H groups in total. The van der Waals surface area contributed by atoms with Gasteiger partial charge in [0, 0.05) is 20.1 Å². The van der Waals surface area contributed by atoms with Crippen LogP contribution in [0.25, 0.3) is 0 Å². The molecule has 1 amide bonds. The number of amides is 1. The summed E-state index contributed by atoms with van der Waals surface area (Å²) >= 11 is 0. The Bertz CT molecular complexity index is 496. The first-order chi connectivity index (χ1) is 9.65. The smallest absolute Gasteiger partial charge is 0.237 e. The second-order valence-electron chi connectivity index (χ2n) is 5.49. The van der Waals surface area contributed by atoms with Crippen LogP contribution < -0.4 is 5.32 Å². The fourth-order valence-electron chi connectivity index (χ4n) is 2.90. The molecule has 0 saturated carbocycles. The second kappa shape index (κ2) is 6.71. The molecule has 2 rings (SSSR count). The molecule has 0 bridgehead atoms. The minimum atomic E-state index is -0.0494. The topological polar surface area (TPSA) is 32.3 Å². The van der Waals surface area contributed by atoms with Gasteiger partial charge in [-0.3, -0.25) is 9.69 Å². The van der Waals surface area contributed by atoms with E-state index in [1.54, 1.807) is 7.05 Å². The molecule has 108 valence electrons. The van der Waals surface area contributed by atoms with Crippen molar-refractivity contribution in [1.29, 1.82) is 0 Å². The summed E-state index contributed by atoms with van der Waals surface area (Å²) in [5, 5.41) is 2.79. The number of rotatable bonds is 5. The molecule has 0 saturated heterocycles. The number of likely N-dealkylation sites (N-methyl/N-ethyl adjacent to an activating group) is 1. The molecule has 1 unspecified atom stereocenters. The zero-order valence-corrected chi connectivity index (χ0v) is 12.5. The summed E-state index contributed by atoms with van der Waals surface area (Å²) in [6, 6.07) is 6.59. The van der Waals surface area contributed by atoms with Crippen molar-refractivity contribution < 1.29 is 4.79 Å². The molecule has 0 radical (unpaired) electrons. The van der Waals surface area contributed by atoms with Gasteiger partial charge in [-0.15, -0.1) is 6.58 Å². The molecule has 0 aliphatic carbocycles. The van der Waals surface area contributed by atoms with E-state index >= 15 is 0 Å². The molecule has 1 aromatic rings. The zero-order chi connectivity index (χ0) is 14.5. The maximum atomic E-state index is 12.1. The fraction of sp³-hybridized carbons (Fsp3) is 0.471. The third-order valence-corrected chi connectivity index (χ3v) is 4.04. The highest BCUT2D eigenvalue weighted by molar-refractivity contribution is 5.81. The SMILES string of the molecule is C=CCCC(C(=O)NC)N1CCc2ccc(C)cc2C1. The lowest BCUT2D eigenvalue weighted by Crippen LogP contribution is -2.47. The van der Waals surface area contributed by atoms with Gasteiger partial charge >= 0.3 is 0 Å². The predicted octanol–water partition coefficient (Wildman–Crippen LogP) is 2.43. The highest BCUT2D eigenvalue weighted by atomic mass is 16.2. The van der Waals surface area contributed by atoms with Crippen LogP contribution in [0.15, 0.2) is 30.9 Å². The Morgan fingerprint density at radius 3 is 3.00 bits per heavy atom. The molecular weight excluding hydrogens is 248 g/mol. The minimum Gasteiger partial charge on any atom is -0.358 e. The largest absolute Gasteiger partial charge is 0.358 e. The van der Waals surface area contributed by atoms with Crippen molar-refractivity contribution in [3.05, 3.63) is 47.5 Å². The van der Waals surface area contributed by atoms with Crippen LogP contribution in [0.1, 0.15) is 29.5 Å². The standard InChI is InChI=1S/C17H24N2O/c1-4-5-6-16(17(20)18-3)19-10-9-14-8-7-13(2)11-15(14)12-19/h4,7-8,11,16H,1,5-6,9-10,12H2,2-3H3,(H,18,20). The van der Waals surface area contributed by atoms with E-state index in [4.69, 9.17) is 0 Å². The lowest BCUT2D eigenvalue weighted by atomic mass is 9.95. The first kappa shape index (κ1) is 14.8. The molecule has 0 fully saturated rings. The number of hydrogen-bond donors (Lipinski definition) is 1. The number of nitrogens with zero attached hydrogens (tertiary/aromatic N) is 1. The van der Waals surface area contributed by atoms with Crippen LogP contribution in [0.2, 0.25) is 0 Å². The molecule has 0 aromatic heterocycles. The number of nitrogens with one attached hydrogen (secondary N) is 1. The lowest BCUT2D eigenvalue weighted by Gasteiger charge is -2.34. The molecule has 1 aliphatic heterocycles. The van der Waals surface area contributed by atoms with Gasteiger partial charge in [0.05, 0.1) is 6.04 Å². The average Bonchev–Trinajstić information content (AvgIpc) is 2.46. The number of allylic oxidation sites excluding steroid dienone is 1. The molecule has 1 aromatic carbocycles. The third-order valence-electron chi connectivity index (χ3n) is 4.04. The van der Waals surface area contributed by atoms with Gasteiger partial charge in [-0.2, -0.15) is 0 Å². The van der Waals surface area contributed by atoms with Crippen molar-refractivity contribution in [3.8, 4) is 0 Å². The number of aryl methyl sites for hydroxylation is 1. The molecule has 1 heterocycles. The van der Waals surface area contributed by atoms with Gasteiger partial charge in [0.15, 0.2) is 0 Å². The molecule has 20 heavy (non-hydrogen) atoms. The van der Waals surface area contributed by atoms with Gasteiger partial charge < -0.3 is 5.32 Å². The molecule has 1 aliphatic rings. The van der Waals surface area contributed by atoms with Crippen LogP contribution >= 0.6 is 0 Å². The van der Waals surface area contributed by atoms with Gasteiger partial charge in [-0.05, 0) is 37.3 Å². The number of hydrogen-bond acceptors (Lipinski definition) is 2. The lowest BCUT2D eigenvalue weighted by molar-refractivity contribution is -0.126. The Labute approximate surface area is 121 Å². The van der Waals surface area contributed by atoms with Crippen molar-refractivity contribution in [2.45, 2.75) is 38.8 Å². The predicted molar refractivity (Wildman–Crippen MR) is 82.6 cm³/mol. The van der Waals surface area contributed by atoms with Gasteiger partial charge in [0.1, 0.15) is 0 Å². The number of fused-ring (bicyclic) bond motifs is 1. The Hall–Kier alpha value is -1.61. The first-order valence-corrected chi connectivity index (χ1v) is 7.30. The van der Waals surface area contributed by atoms with Crippen LogP contribution in [0.5, 0.6) is 0 Å². The average molecular weight is 272 g/mol. The number of benzene rings is 1. The van der Waals surface area contributed by atoms with Gasteiger partial charge in [0.2, 0.25) is 5.91 Å². The van der Waals surface area contributed by atoms with Gasteiger partial charge in [-0.1, -0.05) is 29.8 Å².